The first-order chi connectivity index (χ1) is 7.33. The molecule has 1 aromatic heterocycles. The zero-order chi connectivity index (χ0) is 10.7. The second-order valence-corrected chi connectivity index (χ2v) is 5.77. The smallest absolute Gasteiger partial charge is 0.0881 e. The summed E-state index contributed by atoms with van der Waals surface area (Å²) < 4.78 is 5.69. The van der Waals surface area contributed by atoms with Gasteiger partial charge in [0.1, 0.15) is 0 Å². The summed E-state index contributed by atoms with van der Waals surface area (Å²) in [6, 6.07) is 1.90. The topological polar surface area (TPSA) is 47.3 Å². The van der Waals surface area contributed by atoms with Gasteiger partial charge < -0.3 is 4.74 Å². The highest BCUT2D eigenvalue weighted by atomic mass is 35.5. The number of hydrogen-bond acceptors (Lipinski definition) is 5. The fraction of sp³-hybridized carbons (Fsp3) is 0.556. The van der Waals surface area contributed by atoms with Gasteiger partial charge in [-0.1, -0.05) is 11.6 Å². The maximum atomic E-state index is 6.09. The number of ether oxygens (including phenoxy) is 1. The molecule has 84 valence electrons. The molecule has 1 aromatic rings. The van der Waals surface area contributed by atoms with Crippen molar-refractivity contribution in [3.8, 4) is 0 Å². The summed E-state index contributed by atoms with van der Waals surface area (Å²) in [5, 5.41) is 2.74. The minimum absolute atomic E-state index is 0.00491. The zero-order valence-corrected chi connectivity index (χ0v) is 10.5. The quantitative estimate of drug-likeness (QED) is 0.648. The number of thiophene rings is 1. The van der Waals surface area contributed by atoms with Crippen LogP contribution in [0.4, 0.5) is 0 Å². The number of nitrogens with one attached hydrogen (secondary N) is 1. The molecule has 0 radical (unpaired) electrons. The van der Waals surface area contributed by atoms with Crippen LogP contribution in [0.25, 0.3) is 0 Å². The van der Waals surface area contributed by atoms with Gasteiger partial charge in [-0.15, -0.1) is 11.3 Å². The summed E-state index contributed by atoms with van der Waals surface area (Å²) in [7, 11) is 0. The molecule has 3 nitrogen and oxygen atoms in total. The van der Waals surface area contributed by atoms with Crippen LogP contribution in [-0.4, -0.2) is 24.2 Å². The third kappa shape index (κ3) is 2.67. The largest absolute Gasteiger partial charge is 0.374 e. The van der Waals surface area contributed by atoms with E-state index in [1.165, 1.54) is 0 Å². The molecule has 1 aliphatic heterocycles. The van der Waals surface area contributed by atoms with Crippen molar-refractivity contribution < 1.29 is 4.74 Å². The van der Waals surface area contributed by atoms with Crippen molar-refractivity contribution in [3.63, 3.8) is 0 Å². The van der Waals surface area contributed by atoms with E-state index in [1.807, 2.05) is 23.2 Å². The first-order valence-corrected chi connectivity index (χ1v) is 7.12. The minimum Gasteiger partial charge on any atom is -0.374 e. The fourth-order valence-electron chi connectivity index (χ4n) is 1.58. The van der Waals surface area contributed by atoms with Crippen molar-refractivity contribution in [1.82, 2.24) is 5.43 Å². The van der Waals surface area contributed by atoms with Crippen LogP contribution in [-0.2, 0) is 4.74 Å². The summed E-state index contributed by atoms with van der Waals surface area (Å²) in [6.07, 6.45) is 0.116. The summed E-state index contributed by atoms with van der Waals surface area (Å²) >= 11 is 9.59. The number of thioether (sulfide) groups is 1. The van der Waals surface area contributed by atoms with Gasteiger partial charge >= 0.3 is 0 Å². The van der Waals surface area contributed by atoms with Gasteiger partial charge in [0.05, 0.1) is 23.8 Å². The van der Waals surface area contributed by atoms with E-state index < -0.39 is 0 Å². The van der Waals surface area contributed by atoms with Crippen LogP contribution in [0.2, 0.25) is 5.02 Å². The summed E-state index contributed by atoms with van der Waals surface area (Å²) in [5.74, 6) is 7.60. The van der Waals surface area contributed by atoms with Crippen molar-refractivity contribution >= 4 is 34.7 Å². The summed E-state index contributed by atoms with van der Waals surface area (Å²) in [5.41, 5.74) is 2.80. The van der Waals surface area contributed by atoms with Crippen molar-refractivity contribution in [2.45, 2.75) is 12.1 Å². The maximum Gasteiger partial charge on any atom is 0.0881 e. The second-order valence-electron chi connectivity index (χ2n) is 3.26. The Morgan fingerprint density at radius 2 is 2.53 bits per heavy atom. The molecule has 0 aromatic carbocycles. The number of hydrogen-bond donors (Lipinski definition) is 2. The van der Waals surface area contributed by atoms with E-state index >= 15 is 0 Å². The number of hydrazine groups is 1. The zero-order valence-electron chi connectivity index (χ0n) is 8.11. The first-order valence-electron chi connectivity index (χ1n) is 4.71. The van der Waals surface area contributed by atoms with Gasteiger partial charge in [-0.05, 0) is 11.4 Å². The second kappa shape index (κ2) is 5.52. The lowest BCUT2D eigenvalue weighted by Gasteiger charge is -2.29. The Kier molecular flexibility index (Phi) is 4.30. The molecule has 15 heavy (non-hydrogen) atoms. The number of nitrogens with two attached hydrogens (primary N) is 1. The highest BCUT2D eigenvalue weighted by Crippen LogP contribution is 2.33. The minimum atomic E-state index is 0.00491. The lowest BCUT2D eigenvalue weighted by Crippen LogP contribution is -2.41. The fourth-order valence-corrected chi connectivity index (χ4v) is 3.77. The molecule has 2 unspecified atom stereocenters. The summed E-state index contributed by atoms with van der Waals surface area (Å²) in [4.78, 5) is 1.06. The van der Waals surface area contributed by atoms with E-state index in [0.717, 1.165) is 28.0 Å². The van der Waals surface area contributed by atoms with Gasteiger partial charge in [0, 0.05) is 16.4 Å². The van der Waals surface area contributed by atoms with Crippen LogP contribution in [0.1, 0.15) is 10.9 Å². The van der Waals surface area contributed by atoms with E-state index in [0.29, 0.717) is 0 Å². The Bertz CT molecular complexity index is 315. The Labute approximate surface area is 102 Å². The molecule has 3 N–H and O–H groups in total. The average Bonchev–Trinajstić information content (AvgIpc) is 2.68. The molecule has 1 fully saturated rings. The van der Waals surface area contributed by atoms with Gasteiger partial charge in [-0.2, -0.15) is 11.8 Å². The summed E-state index contributed by atoms with van der Waals surface area (Å²) in [6.45, 7) is 0.788. The van der Waals surface area contributed by atoms with Crippen molar-refractivity contribution in [1.29, 1.82) is 0 Å². The van der Waals surface area contributed by atoms with Crippen LogP contribution >= 0.6 is 34.7 Å². The Morgan fingerprint density at radius 3 is 3.07 bits per heavy atom. The van der Waals surface area contributed by atoms with E-state index in [-0.39, 0.29) is 12.1 Å². The highest BCUT2D eigenvalue weighted by molar-refractivity contribution is 7.99. The SMILES string of the molecule is NNC(c1sccc1Cl)C1CSCCO1. The normalized spacial score (nSPS) is 24.0. The van der Waals surface area contributed by atoms with Gasteiger partial charge in [-0.3, -0.25) is 5.84 Å². The van der Waals surface area contributed by atoms with Gasteiger partial charge in [0.2, 0.25) is 0 Å². The molecule has 2 atom stereocenters. The number of halogens is 1. The van der Waals surface area contributed by atoms with Crippen LogP contribution < -0.4 is 11.3 Å². The van der Waals surface area contributed by atoms with Crippen LogP contribution in [0, 0.1) is 0 Å². The molecule has 6 heteroatoms. The van der Waals surface area contributed by atoms with Gasteiger partial charge in [0.25, 0.3) is 0 Å². The van der Waals surface area contributed by atoms with Crippen LogP contribution in [0.3, 0.4) is 0 Å². The molecule has 0 bridgehead atoms. The molecular weight excluding hydrogens is 252 g/mol. The third-order valence-electron chi connectivity index (χ3n) is 2.32. The van der Waals surface area contributed by atoms with E-state index in [9.17, 15) is 0 Å². The van der Waals surface area contributed by atoms with Crippen LogP contribution in [0.15, 0.2) is 11.4 Å². The van der Waals surface area contributed by atoms with Crippen molar-refractivity contribution in [3.05, 3.63) is 21.3 Å². The van der Waals surface area contributed by atoms with Gasteiger partial charge in [0.15, 0.2) is 0 Å². The standard InChI is InChI=1S/C9H13ClN2OS2/c10-6-1-3-15-9(6)8(12-11)7-5-14-4-2-13-7/h1,3,7-8,12H,2,4-5,11H2. The predicted molar refractivity (Wildman–Crippen MR) is 66.5 cm³/mol. The molecule has 2 heterocycles. The van der Waals surface area contributed by atoms with Gasteiger partial charge in [-0.25, -0.2) is 5.43 Å². The average molecular weight is 265 g/mol. The molecule has 0 spiro atoms. The predicted octanol–water partition coefficient (Wildman–Crippen LogP) is 2.04. The molecule has 0 aliphatic carbocycles. The van der Waals surface area contributed by atoms with E-state index in [2.05, 4.69) is 5.43 Å². The Hall–Kier alpha value is 0.220. The lowest BCUT2D eigenvalue weighted by atomic mass is 10.1. The van der Waals surface area contributed by atoms with Crippen molar-refractivity contribution in [2.24, 2.45) is 5.84 Å². The molecule has 0 amide bonds. The van der Waals surface area contributed by atoms with E-state index in [4.69, 9.17) is 22.2 Å². The van der Waals surface area contributed by atoms with Crippen LogP contribution in [0.5, 0.6) is 0 Å². The van der Waals surface area contributed by atoms with Crippen molar-refractivity contribution in [2.75, 3.05) is 18.1 Å². The molecular formula is C9H13ClN2OS2. The first kappa shape index (κ1) is 11.7. The lowest BCUT2D eigenvalue weighted by molar-refractivity contribution is 0.0477. The van der Waals surface area contributed by atoms with E-state index in [1.54, 1.807) is 11.3 Å². The highest BCUT2D eigenvalue weighted by Gasteiger charge is 2.27. The molecule has 2 rings (SSSR count). The Balaban J connectivity index is 2.12. The maximum absolute atomic E-state index is 6.09. The Morgan fingerprint density at radius 1 is 1.67 bits per heavy atom. The monoisotopic (exact) mass is 264 g/mol. The molecule has 1 saturated heterocycles. The molecule has 0 saturated carbocycles. The number of rotatable bonds is 3. The molecule has 1 aliphatic rings. The third-order valence-corrected chi connectivity index (χ3v) is 4.78.